The number of esters is 2. The van der Waals surface area contributed by atoms with Gasteiger partial charge in [-0.05, 0) is 48.9 Å². The first kappa shape index (κ1) is 25.2. The number of carbonyl (C=O) groups excluding carboxylic acids is 2. The number of nitrogens with zero attached hydrogens (tertiary/aromatic N) is 2. The van der Waals surface area contributed by atoms with Crippen LogP contribution in [0.2, 0.25) is 0 Å². The fraction of sp³-hybridized carbons (Fsp3) is 0.185. The van der Waals surface area contributed by atoms with Gasteiger partial charge in [-0.1, -0.05) is 23.5 Å². The molecule has 4 heterocycles. The standard InChI is InChI=1S/C27H22N2O8S/c1-16-22(26(32)36-14-13-33-2)23(17-7-9-18(10-8-17)37-25(31)20-6-4-12-35-20)29-24(30)21(38-27(29)28-16)15-19-5-3-11-34-19/h3-12,15,23H,13-14H2,1-2H3/b21-15+/t23-/m1/s1. The Morgan fingerprint density at radius 2 is 1.82 bits per heavy atom. The highest BCUT2D eigenvalue weighted by Gasteiger charge is 2.33. The molecule has 1 aromatic carbocycles. The maximum Gasteiger partial charge on any atom is 0.379 e. The van der Waals surface area contributed by atoms with Gasteiger partial charge < -0.3 is 23.0 Å². The van der Waals surface area contributed by atoms with Crippen molar-refractivity contribution in [2.75, 3.05) is 20.3 Å². The van der Waals surface area contributed by atoms with E-state index in [1.54, 1.807) is 55.5 Å². The first-order chi connectivity index (χ1) is 18.5. The number of thiazole rings is 1. The zero-order valence-corrected chi connectivity index (χ0v) is 21.2. The quantitative estimate of drug-likeness (QED) is 0.192. The van der Waals surface area contributed by atoms with Crippen molar-refractivity contribution in [1.29, 1.82) is 0 Å². The normalized spacial score (nSPS) is 15.2. The lowest BCUT2D eigenvalue weighted by atomic mass is 9.96. The third-order valence-electron chi connectivity index (χ3n) is 5.71. The average molecular weight is 535 g/mol. The zero-order valence-electron chi connectivity index (χ0n) is 20.4. The highest BCUT2D eigenvalue weighted by molar-refractivity contribution is 7.07. The highest BCUT2D eigenvalue weighted by atomic mass is 32.1. The number of fused-ring (bicyclic) bond motifs is 1. The largest absolute Gasteiger partial charge is 0.465 e. The summed E-state index contributed by atoms with van der Waals surface area (Å²) in [4.78, 5) is 44.0. The van der Waals surface area contributed by atoms with Gasteiger partial charge in [-0.3, -0.25) is 9.36 Å². The molecule has 194 valence electrons. The molecule has 0 N–H and O–H groups in total. The van der Waals surface area contributed by atoms with E-state index >= 15 is 0 Å². The molecule has 0 bridgehead atoms. The number of furan rings is 2. The van der Waals surface area contributed by atoms with Crippen molar-refractivity contribution in [3.05, 3.63) is 109 Å². The van der Waals surface area contributed by atoms with E-state index in [0.717, 1.165) is 0 Å². The summed E-state index contributed by atoms with van der Waals surface area (Å²) in [6.45, 7) is 1.97. The molecule has 0 saturated carbocycles. The summed E-state index contributed by atoms with van der Waals surface area (Å²) in [6, 6.07) is 12.3. The van der Waals surface area contributed by atoms with Crippen LogP contribution in [0.3, 0.4) is 0 Å². The first-order valence-corrected chi connectivity index (χ1v) is 12.4. The minimum atomic E-state index is -0.824. The zero-order chi connectivity index (χ0) is 26.6. The van der Waals surface area contributed by atoms with Gasteiger partial charge in [0.15, 0.2) is 4.80 Å². The highest BCUT2D eigenvalue weighted by Crippen LogP contribution is 2.31. The van der Waals surface area contributed by atoms with E-state index in [1.807, 2.05) is 0 Å². The monoisotopic (exact) mass is 534 g/mol. The van der Waals surface area contributed by atoms with Gasteiger partial charge in [0, 0.05) is 13.2 Å². The molecule has 4 aromatic rings. The lowest BCUT2D eigenvalue weighted by Crippen LogP contribution is -2.40. The Labute approximate surface area is 219 Å². The van der Waals surface area contributed by atoms with Crippen LogP contribution in [0.15, 0.2) is 90.9 Å². The Bertz CT molecular complexity index is 1660. The van der Waals surface area contributed by atoms with E-state index in [4.69, 9.17) is 23.0 Å². The van der Waals surface area contributed by atoms with Crippen molar-refractivity contribution in [3.8, 4) is 5.75 Å². The second-order valence-corrected chi connectivity index (χ2v) is 9.17. The molecular weight excluding hydrogens is 512 g/mol. The molecule has 38 heavy (non-hydrogen) atoms. The molecule has 0 unspecified atom stereocenters. The number of ether oxygens (including phenoxy) is 3. The number of hydrogen-bond donors (Lipinski definition) is 0. The summed E-state index contributed by atoms with van der Waals surface area (Å²) >= 11 is 1.19. The Balaban J connectivity index is 1.56. The van der Waals surface area contributed by atoms with Crippen molar-refractivity contribution >= 4 is 29.4 Å². The molecule has 0 fully saturated rings. The van der Waals surface area contributed by atoms with E-state index < -0.39 is 18.0 Å². The number of allylic oxidation sites excluding steroid dienone is 1. The molecule has 1 atom stereocenters. The molecule has 0 spiro atoms. The molecule has 11 heteroatoms. The summed E-state index contributed by atoms with van der Waals surface area (Å²) < 4.78 is 28.1. The molecule has 1 aliphatic rings. The Morgan fingerprint density at radius 3 is 2.50 bits per heavy atom. The summed E-state index contributed by atoms with van der Waals surface area (Å²) in [5.74, 6) is -0.402. The van der Waals surface area contributed by atoms with Gasteiger partial charge in [0.2, 0.25) is 5.76 Å². The SMILES string of the molecule is COCCOC(=O)C1=C(C)N=c2s/c(=C/c3ccco3)c(=O)n2[C@@H]1c1ccc(OC(=O)c2ccco2)cc1. The fourth-order valence-corrected chi connectivity index (χ4v) is 4.99. The van der Waals surface area contributed by atoms with E-state index in [2.05, 4.69) is 4.99 Å². The van der Waals surface area contributed by atoms with E-state index in [1.165, 1.54) is 41.6 Å². The van der Waals surface area contributed by atoms with E-state index in [-0.39, 0.29) is 35.9 Å². The van der Waals surface area contributed by atoms with Gasteiger partial charge in [0.1, 0.15) is 18.1 Å². The van der Waals surface area contributed by atoms with E-state index in [9.17, 15) is 14.4 Å². The number of rotatable bonds is 8. The smallest absolute Gasteiger partial charge is 0.379 e. The van der Waals surface area contributed by atoms with Crippen LogP contribution in [0.4, 0.5) is 0 Å². The predicted octanol–water partition coefficient (Wildman–Crippen LogP) is 2.83. The van der Waals surface area contributed by atoms with E-state index in [0.29, 0.717) is 26.4 Å². The van der Waals surface area contributed by atoms with Crippen molar-refractivity contribution < 1.29 is 32.6 Å². The third-order valence-corrected chi connectivity index (χ3v) is 6.69. The third kappa shape index (κ3) is 5.01. The Kier molecular flexibility index (Phi) is 7.20. The Morgan fingerprint density at radius 1 is 1.05 bits per heavy atom. The lowest BCUT2D eigenvalue weighted by Gasteiger charge is -2.25. The van der Waals surface area contributed by atoms with Crippen molar-refractivity contribution in [2.24, 2.45) is 4.99 Å². The number of aromatic nitrogens is 1. The minimum Gasteiger partial charge on any atom is -0.465 e. The van der Waals surface area contributed by atoms with Gasteiger partial charge in [-0.25, -0.2) is 14.6 Å². The van der Waals surface area contributed by atoms with Crippen LogP contribution >= 0.6 is 11.3 Å². The molecule has 0 saturated heterocycles. The predicted molar refractivity (Wildman–Crippen MR) is 135 cm³/mol. The molecule has 1 aliphatic heterocycles. The maximum absolute atomic E-state index is 13.6. The molecular formula is C27H22N2O8S. The van der Waals surface area contributed by atoms with Crippen molar-refractivity contribution in [1.82, 2.24) is 4.57 Å². The first-order valence-electron chi connectivity index (χ1n) is 11.5. The molecule has 5 rings (SSSR count). The van der Waals surface area contributed by atoms with Crippen molar-refractivity contribution in [3.63, 3.8) is 0 Å². The molecule has 0 amide bonds. The summed E-state index contributed by atoms with van der Waals surface area (Å²) in [6.07, 6.45) is 4.53. The second-order valence-electron chi connectivity index (χ2n) is 8.16. The van der Waals surface area contributed by atoms with Crippen LogP contribution in [-0.4, -0.2) is 36.8 Å². The van der Waals surface area contributed by atoms with Crippen LogP contribution in [0.25, 0.3) is 6.08 Å². The number of hydrogen-bond acceptors (Lipinski definition) is 10. The Hall–Kier alpha value is -4.48. The second kappa shape index (κ2) is 10.9. The molecule has 0 aliphatic carbocycles. The fourth-order valence-electron chi connectivity index (χ4n) is 3.97. The van der Waals surface area contributed by atoms with Crippen LogP contribution in [-0.2, 0) is 14.3 Å². The number of carbonyl (C=O) groups is 2. The van der Waals surface area contributed by atoms with Gasteiger partial charge in [0.25, 0.3) is 5.56 Å². The molecule has 10 nitrogen and oxygen atoms in total. The van der Waals surface area contributed by atoms with Gasteiger partial charge in [-0.2, -0.15) is 0 Å². The summed E-state index contributed by atoms with van der Waals surface area (Å²) in [7, 11) is 1.51. The van der Waals surface area contributed by atoms with Crippen molar-refractivity contribution in [2.45, 2.75) is 13.0 Å². The lowest BCUT2D eigenvalue weighted by molar-refractivity contribution is -0.140. The van der Waals surface area contributed by atoms with Crippen LogP contribution in [0.1, 0.15) is 34.8 Å². The van der Waals surface area contributed by atoms with Gasteiger partial charge >= 0.3 is 11.9 Å². The molecule has 0 radical (unpaired) electrons. The van der Waals surface area contributed by atoms with Crippen LogP contribution in [0, 0.1) is 0 Å². The van der Waals surface area contributed by atoms with Crippen LogP contribution in [0.5, 0.6) is 5.75 Å². The van der Waals surface area contributed by atoms with Gasteiger partial charge in [0.05, 0.1) is 41.0 Å². The van der Waals surface area contributed by atoms with Gasteiger partial charge in [-0.15, -0.1) is 0 Å². The molecule has 3 aromatic heterocycles. The number of benzene rings is 1. The summed E-state index contributed by atoms with van der Waals surface area (Å²) in [5, 5.41) is 0. The topological polar surface area (TPSA) is 122 Å². The maximum atomic E-state index is 13.6. The average Bonchev–Trinajstić information content (AvgIpc) is 3.67. The van der Waals surface area contributed by atoms with Crippen LogP contribution < -0.4 is 19.6 Å². The summed E-state index contributed by atoms with van der Waals surface area (Å²) in [5.41, 5.74) is 0.912. The number of methoxy groups -OCH3 is 1. The minimum absolute atomic E-state index is 0.0451.